The number of nitrogens with one attached hydrogen (secondary N) is 2. The second-order valence-electron chi connectivity index (χ2n) is 4.94. The molecule has 1 aliphatic heterocycles. The average molecular weight is 263 g/mol. The molecule has 5 nitrogen and oxygen atoms in total. The lowest BCUT2D eigenvalue weighted by Crippen LogP contribution is -2.39. The molecule has 0 bridgehead atoms. The SMILES string of the molecule is CNC1COCC1C(=O)Nc1ccccc1N(C)C. The fourth-order valence-electron chi connectivity index (χ4n) is 2.29. The van der Waals surface area contributed by atoms with Crippen LogP contribution in [0.1, 0.15) is 0 Å². The maximum Gasteiger partial charge on any atom is 0.231 e. The summed E-state index contributed by atoms with van der Waals surface area (Å²) >= 11 is 0. The zero-order valence-electron chi connectivity index (χ0n) is 11.6. The monoisotopic (exact) mass is 263 g/mol. The van der Waals surface area contributed by atoms with E-state index >= 15 is 0 Å². The van der Waals surface area contributed by atoms with Crippen LogP contribution >= 0.6 is 0 Å². The molecule has 19 heavy (non-hydrogen) atoms. The van der Waals surface area contributed by atoms with Crippen LogP contribution in [0.25, 0.3) is 0 Å². The first-order valence-electron chi connectivity index (χ1n) is 6.45. The summed E-state index contributed by atoms with van der Waals surface area (Å²) in [6.07, 6.45) is 0. The van der Waals surface area contributed by atoms with Gasteiger partial charge in [0.25, 0.3) is 0 Å². The first-order chi connectivity index (χ1) is 9.13. The molecule has 1 fully saturated rings. The van der Waals surface area contributed by atoms with Gasteiger partial charge in [-0.1, -0.05) is 12.1 Å². The zero-order valence-corrected chi connectivity index (χ0v) is 11.6. The lowest BCUT2D eigenvalue weighted by atomic mass is 10.0. The Labute approximate surface area is 113 Å². The minimum atomic E-state index is -0.139. The molecule has 1 heterocycles. The van der Waals surface area contributed by atoms with Crippen LogP contribution in [-0.2, 0) is 9.53 Å². The second-order valence-corrected chi connectivity index (χ2v) is 4.94. The highest BCUT2D eigenvalue weighted by Crippen LogP contribution is 2.25. The highest BCUT2D eigenvalue weighted by Gasteiger charge is 2.33. The van der Waals surface area contributed by atoms with Gasteiger partial charge in [-0.2, -0.15) is 0 Å². The molecule has 1 aliphatic rings. The van der Waals surface area contributed by atoms with Crippen molar-refractivity contribution in [2.24, 2.45) is 5.92 Å². The standard InChI is InChI=1S/C14H21N3O2/c1-15-12-9-19-8-10(12)14(18)16-11-6-4-5-7-13(11)17(2)3/h4-7,10,12,15H,8-9H2,1-3H3,(H,16,18). The predicted molar refractivity (Wildman–Crippen MR) is 76.6 cm³/mol. The molecular formula is C14H21N3O2. The predicted octanol–water partition coefficient (Wildman–Crippen LogP) is 0.925. The van der Waals surface area contributed by atoms with Crippen molar-refractivity contribution < 1.29 is 9.53 Å². The highest BCUT2D eigenvalue weighted by molar-refractivity contribution is 5.96. The molecule has 1 saturated heterocycles. The van der Waals surface area contributed by atoms with Crippen LogP contribution in [0.15, 0.2) is 24.3 Å². The Hall–Kier alpha value is -1.59. The van der Waals surface area contributed by atoms with Crippen molar-refractivity contribution in [3.05, 3.63) is 24.3 Å². The molecule has 0 aromatic heterocycles. The van der Waals surface area contributed by atoms with Crippen molar-refractivity contribution in [2.45, 2.75) is 6.04 Å². The van der Waals surface area contributed by atoms with Gasteiger partial charge >= 0.3 is 0 Å². The van der Waals surface area contributed by atoms with Crippen LogP contribution in [0.2, 0.25) is 0 Å². The molecule has 2 N–H and O–H groups in total. The molecule has 0 aliphatic carbocycles. The van der Waals surface area contributed by atoms with Gasteiger partial charge in [0, 0.05) is 20.1 Å². The van der Waals surface area contributed by atoms with Gasteiger partial charge < -0.3 is 20.3 Å². The summed E-state index contributed by atoms with van der Waals surface area (Å²) in [6.45, 7) is 1.06. The quantitative estimate of drug-likeness (QED) is 0.848. The number of amides is 1. The number of hydrogen-bond donors (Lipinski definition) is 2. The van der Waals surface area contributed by atoms with Crippen molar-refractivity contribution in [3.63, 3.8) is 0 Å². The highest BCUT2D eigenvalue weighted by atomic mass is 16.5. The molecule has 2 rings (SSSR count). The van der Waals surface area contributed by atoms with Gasteiger partial charge in [0.2, 0.25) is 5.91 Å². The van der Waals surface area contributed by atoms with Crippen LogP contribution in [0.4, 0.5) is 11.4 Å². The molecule has 0 saturated carbocycles. The third-order valence-electron chi connectivity index (χ3n) is 3.43. The fourth-order valence-corrected chi connectivity index (χ4v) is 2.29. The van der Waals surface area contributed by atoms with E-state index in [1.165, 1.54) is 0 Å². The zero-order chi connectivity index (χ0) is 13.8. The van der Waals surface area contributed by atoms with E-state index in [1.54, 1.807) is 0 Å². The van der Waals surface area contributed by atoms with Crippen molar-refractivity contribution in [1.29, 1.82) is 0 Å². The van der Waals surface area contributed by atoms with Gasteiger partial charge in [0.15, 0.2) is 0 Å². The van der Waals surface area contributed by atoms with E-state index in [4.69, 9.17) is 4.74 Å². The molecule has 2 atom stereocenters. The number of anilines is 2. The van der Waals surface area contributed by atoms with E-state index in [9.17, 15) is 4.79 Å². The Kier molecular flexibility index (Phi) is 4.39. The van der Waals surface area contributed by atoms with E-state index in [0.29, 0.717) is 13.2 Å². The van der Waals surface area contributed by atoms with Gasteiger partial charge in [0.05, 0.1) is 30.5 Å². The molecule has 1 aromatic rings. The average Bonchev–Trinajstić information content (AvgIpc) is 2.87. The molecule has 1 aromatic carbocycles. The molecular weight excluding hydrogens is 242 g/mol. The first-order valence-corrected chi connectivity index (χ1v) is 6.45. The summed E-state index contributed by atoms with van der Waals surface area (Å²) in [5, 5.41) is 6.12. The number of carbonyl (C=O) groups excluding carboxylic acids is 1. The third-order valence-corrected chi connectivity index (χ3v) is 3.43. The van der Waals surface area contributed by atoms with Crippen LogP contribution in [-0.4, -0.2) is 46.3 Å². The van der Waals surface area contributed by atoms with Gasteiger partial charge in [-0.15, -0.1) is 0 Å². The molecule has 104 valence electrons. The maximum absolute atomic E-state index is 12.3. The minimum absolute atomic E-state index is 0.00569. The molecule has 0 radical (unpaired) electrons. The summed E-state index contributed by atoms with van der Waals surface area (Å²) in [5.74, 6) is -0.133. The van der Waals surface area contributed by atoms with E-state index in [1.807, 2.05) is 50.3 Å². The van der Waals surface area contributed by atoms with Crippen LogP contribution in [0.5, 0.6) is 0 Å². The van der Waals surface area contributed by atoms with Gasteiger partial charge in [-0.3, -0.25) is 4.79 Å². The lowest BCUT2D eigenvalue weighted by molar-refractivity contribution is -0.120. The summed E-state index contributed by atoms with van der Waals surface area (Å²) in [6, 6.07) is 7.86. The smallest absolute Gasteiger partial charge is 0.231 e. The molecule has 2 unspecified atom stereocenters. The first kappa shape index (κ1) is 13.8. The Morgan fingerprint density at radius 1 is 1.32 bits per heavy atom. The van der Waals surface area contributed by atoms with E-state index in [2.05, 4.69) is 10.6 Å². The summed E-state index contributed by atoms with van der Waals surface area (Å²) in [5.41, 5.74) is 1.83. The Bertz CT molecular complexity index is 448. The van der Waals surface area contributed by atoms with E-state index in [0.717, 1.165) is 11.4 Å². The summed E-state index contributed by atoms with van der Waals surface area (Å²) in [7, 11) is 5.77. The number of rotatable bonds is 4. The number of likely N-dealkylation sites (N-methyl/N-ethyl adjacent to an activating group) is 1. The van der Waals surface area contributed by atoms with Crippen molar-refractivity contribution in [3.8, 4) is 0 Å². The topological polar surface area (TPSA) is 53.6 Å². The Morgan fingerprint density at radius 2 is 2.05 bits per heavy atom. The number of para-hydroxylation sites is 2. The largest absolute Gasteiger partial charge is 0.379 e. The summed E-state index contributed by atoms with van der Waals surface area (Å²) in [4.78, 5) is 14.3. The van der Waals surface area contributed by atoms with Crippen LogP contribution in [0, 0.1) is 5.92 Å². The maximum atomic E-state index is 12.3. The van der Waals surface area contributed by atoms with E-state index < -0.39 is 0 Å². The van der Waals surface area contributed by atoms with Crippen molar-refractivity contribution in [2.75, 3.05) is 44.6 Å². The molecule has 5 heteroatoms. The van der Waals surface area contributed by atoms with Gasteiger partial charge in [-0.05, 0) is 19.2 Å². The second kappa shape index (κ2) is 6.04. The number of nitrogens with zero attached hydrogens (tertiary/aromatic N) is 1. The number of hydrogen-bond acceptors (Lipinski definition) is 4. The van der Waals surface area contributed by atoms with Crippen LogP contribution < -0.4 is 15.5 Å². The van der Waals surface area contributed by atoms with Crippen molar-refractivity contribution >= 4 is 17.3 Å². The number of benzene rings is 1. The Balaban J connectivity index is 2.11. The number of carbonyl (C=O) groups is 1. The lowest BCUT2D eigenvalue weighted by Gasteiger charge is -2.20. The van der Waals surface area contributed by atoms with Gasteiger partial charge in [-0.25, -0.2) is 0 Å². The fraction of sp³-hybridized carbons (Fsp3) is 0.500. The van der Waals surface area contributed by atoms with Gasteiger partial charge in [0.1, 0.15) is 0 Å². The Morgan fingerprint density at radius 3 is 2.74 bits per heavy atom. The molecule has 0 spiro atoms. The minimum Gasteiger partial charge on any atom is -0.379 e. The molecule has 1 amide bonds. The van der Waals surface area contributed by atoms with E-state index in [-0.39, 0.29) is 17.9 Å². The van der Waals surface area contributed by atoms with Crippen molar-refractivity contribution in [1.82, 2.24) is 5.32 Å². The van der Waals surface area contributed by atoms with Crippen LogP contribution in [0.3, 0.4) is 0 Å². The third kappa shape index (κ3) is 3.05. The number of ether oxygens (including phenoxy) is 1. The summed E-state index contributed by atoms with van der Waals surface area (Å²) < 4.78 is 5.36. The normalized spacial score (nSPS) is 22.3.